The number of nitro benzene ring substituents is 1. The van der Waals surface area contributed by atoms with Gasteiger partial charge in [0.05, 0.1) is 15.0 Å². The summed E-state index contributed by atoms with van der Waals surface area (Å²) in [5.74, 6) is -0.0933. The van der Waals surface area contributed by atoms with Gasteiger partial charge in [0.1, 0.15) is 5.75 Å². The van der Waals surface area contributed by atoms with E-state index in [9.17, 15) is 18.5 Å². The molecule has 0 aromatic heterocycles. The van der Waals surface area contributed by atoms with Crippen LogP contribution in [0.2, 0.25) is 10.0 Å². The van der Waals surface area contributed by atoms with Crippen molar-refractivity contribution in [3.05, 3.63) is 62.1 Å². The van der Waals surface area contributed by atoms with E-state index in [4.69, 9.17) is 27.4 Å². The van der Waals surface area contributed by atoms with E-state index >= 15 is 0 Å². The molecule has 0 saturated carbocycles. The average Bonchev–Trinajstić information content (AvgIpc) is 2.42. The maximum atomic E-state index is 12.2. The maximum absolute atomic E-state index is 12.2. The molecule has 9 heteroatoms. The fraction of sp³-hybridized carbons (Fsp3) is 0.0769. The van der Waals surface area contributed by atoms with E-state index in [0.29, 0.717) is 5.56 Å². The lowest BCUT2D eigenvalue weighted by atomic mass is 10.2. The highest BCUT2D eigenvalue weighted by atomic mass is 35.5. The van der Waals surface area contributed by atoms with E-state index in [2.05, 4.69) is 0 Å². The summed E-state index contributed by atoms with van der Waals surface area (Å²) in [6.07, 6.45) is 0. The van der Waals surface area contributed by atoms with Crippen molar-refractivity contribution in [2.75, 3.05) is 0 Å². The van der Waals surface area contributed by atoms with Crippen molar-refractivity contribution in [3.63, 3.8) is 0 Å². The molecule has 116 valence electrons. The molecule has 0 spiro atoms. The summed E-state index contributed by atoms with van der Waals surface area (Å²) >= 11 is 11.5. The Hall–Kier alpha value is -1.83. The monoisotopic (exact) mass is 361 g/mol. The Balaban J connectivity index is 2.47. The van der Waals surface area contributed by atoms with Gasteiger partial charge in [-0.25, -0.2) is 0 Å². The molecule has 0 unspecified atom stereocenters. The molecule has 0 N–H and O–H groups in total. The van der Waals surface area contributed by atoms with Crippen LogP contribution in [0.3, 0.4) is 0 Å². The first-order valence-electron chi connectivity index (χ1n) is 5.85. The first-order chi connectivity index (χ1) is 10.2. The first kappa shape index (κ1) is 16.5. The number of hydrogen-bond acceptors (Lipinski definition) is 5. The number of nitrogens with zero attached hydrogens (tertiary/aromatic N) is 1. The van der Waals surface area contributed by atoms with Gasteiger partial charge in [0.25, 0.3) is 5.69 Å². The fourth-order valence-electron chi connectivity index (χ4n) is 1.68. The fourth-order valence-corrected chi connectivity index (χ4v) is 3.04. The standard InChI is InChI=1S/C13H9Cl2NO5S/c1-8-2-5-13(12(6-8)16(17)18)22(19,20)21-9-3-4-10(14)11(15)7-9/h2-7H,1H3. The Kier molecular flexibility index (Phi) is 4.60. The molecule has 0 aliphatic rings. The van der Waals surface area contributed by atoms with E-state index in [1.807, 2.05) is 0 Å². The molecular formula is C13H9Cl2NO5S. The molecule has 0 aliphatic carbocycles. The third-order valence-corrected chi connectivity index (χ3v) is 4.71. The van der Waals surface area contributed by atoms with Crippen LogP contribution >= 0.6 is 23.2 Å². The van der Waals surface area contributed by atoms with Crippen molar-refractivity contribution in [1.29, 1.82) is 0 Å². The smallest absolute Gasteiger partial charge is 0.346 e. The summed E-state index contributed by atoms with van der Waals surface area (Å²) < 4.78 is 29.3. The third-order valence-electron chi connectivity index (χ3n) is 2.68. The lowest BCUT2D eigenvalue weighted by molar-refractivity contribution is -0.387. The second-order valence-corrected chi connectivity index (χ2v) is 6.67. The minimum Gasteiger partial charge on any atom is -0.379 e. The number of aryl methyl sites for hydroxylation is 1. The molecule has 0 aliphatic heterocycles. The Labute approximate surface area is 136 Å². The van der Waals surface area contributed by atoms with Gasteiger partial charge in [-0.15, -0.1) is 0 Å². The molecule has 0 fully saturated rings. The zero-order valence-electron chi connectivity index (χ0n) is 11.1. The van der Waals surface area contributed by atoms with Gasteiger partial charge in [0.2, 0.25) is 0 Å². The molecule has 0 bridgehead atoms. The molecule has 2 aromatic rings. The molecule has 22 heavy (non-hydrogen) atoms. The normalized spacial score (nSPS) is 11.2. The molecule has 6 nitrogen and oxygen atoms in total. The van der Waals surface area contributed by atoms with Crippen LogP contribution in [0.5, 0.6) is 5.75 Å². The number of halogens is 2. The molecule has 2 rings (SSSR count). The largest absolute Gasteiger partial charge is 0.379 e. The molecule has 0 heterocycles. The topological polar surface area (TPSA) is 86.5 Å². The van der Waals surface area contributed by atoms with E-state index in [0.717, 1.165) is 12.1 Å². The Morgan fingerprint density at radius 1 is 1.09 bits per heavy atom. The minimum absolute atomic E-state index is 0.0933. The van der Waals surface area contributed by atoms with Crippen LogP contribution in [0.4, 0.5) is 5.69 Å². The Morgan fingerprint density at radius 2 is 1.77 bits per heavy atom. The van der Waals surface area contributed by atoms with E-state index in [1.54, 1.807) is 6.92 Å². The highest BCUT2D eigenvalue weighted by Gasteiger charge is 2.28. The zero-order chi connectivity index (χ0) is 16.5. The van der Waals surface area contributed by atoms with Crippen molar-refractivity contribution in [1.82, 2.24) is 0 Å². The van der Waals surface area contributed by atoms with Crippen LogP contribution in [0.1, 0.15) is 5.56 Å². The molecule has 2 aromatic carbocycles. The highest BCUT2D eigenvalue weighted by Crippen LogP contribution is 2.31. The second kappa shape index (κ2) is 6.12. The summed E-state index contributed by atoms with van der Waals surface area (Å²) in [5, 5.41) is 11.4. The lowest BCUT2D eigenvalue weighted by Crippen LogP contribution is -2.12. The first-order valence-corrected chi connectivity index (χ1v) is 8.02. The van der Waals surface area contributed by atoms with Gasteiger partial charge in [0.15, 0.2) is 4.90 Å². The van der Waals surface area contributed by atoms with Crippen molar-refractivity contribution in [2.24, 2.45) is 0 Å². The van der Waals surface area contributed by atoms with Crippen LogP contribution in [0, 0.1) is 17.0 Å². The zero-order valence-corrected chi connectivity index (χ0v) is 13.4. The second-order valence-electron chi connectivity index (χ2n) is 4.34. The number of benzene rings is 2. The summed E-state index contributed by atoms with van der Waals surface area (Å²) in [6, 6.07) is 7.59. The predicted octanol–water partition coefficient (Wildman–Crippen LogP) is 3.98. The van der Waals surface area contributed by atoms with Gasteiger partial charge < -0.3 is 4.18 Å². The number of rotatable bonds is 4. The van der Waals surface area contributed by atoms with Gasteiger partial charge in [-0.3, -0.25) is 10.1 Å². The molecule has 0 amide bonds. The summed E-state index contributed by atoms with van der Waals surface area (Å²) in [5.41, 5.74) is 0.000229. The Morgan fingerprint density at radius 3 is 2.36 bits per heavy atom. The summed E-state index contributed by atoms with van der Waals surface area (Å²) in [6.45, 7) is 1.61. The Bertz CT molecular complexity index is 852. The minimum atomic E-state index is -4.38. The van der Waals surface area contributed by atoms with E-state index in [-0.39, 0.29) is 15.8 Å². The molecule has 0 saturated heterocycles. The summed E-state index contributed by atoms with van der Waals surface area (Å²) in [7, 11) is -4.38. The van der Waals surface area contributed by atoms with Crippen molar-refractivity contribution < 1.29 is 17.5 Å². The van der Waals surface area contributed by atoms with E-state index in [1.165, 1.54) is 24.3 Å². The van der Waals surface area contributed by atoms with Crippen molar-refractivity contribution in [3.8, 4) is 5.75 Å². The SMILES string of the molecule is Cc1ccc(S(=O)(=O)Oc2ccc(Cl)c(Cl)c2)c([N+](=O)[O-])c1. The third kappa shape index (κ3) is 3.49. The van der Waals surface area contributed by atoms with Gasteiger partial charge in [0, 0.05) is 12.1 Å². The van der Waals surface area contributed by atoms with Crippen LogP contribution in [0.25, 0.3) is 0 Å². The summed E-state index contributed by atoms with van der Waals surface area (Å²) in [4.78, 5) is 9.71. The lowest BCUT2D eigenvalue weighted by Gasteiger charge is -2.08. The quantitative estimate of drug-likeness (QED) is 0.467. The molecule has 0 atom stereocenters. The average molecular weight is 362 g/mol. The highest BCUT2D eigenvalue weighted by molar-refractivity contribution is 7.87. The van der Waals surface area contributed by atoms with Gasteiger partial charge >= 0.3 is 10.1 Å². The van der Waals surface area contributed by atoms with Crippen LogP contribution in [-0.2, 0) is 10.1 Å². The van der Waals surface area contributed by atoms with Gasteiger partial charge in [-0.2, -0.15) is 8.42 Å². The van der Waals surface area contributed by atoms with Crippen LogP contribution < -0.4 is 4.18 Å². The van der Waals surface area contributed by atoms with Crippen LogP contribution in [-0.4, -0.2) is 13.3 Å². The molecule has 0 radical (unpaired) electrons. The van der Waals surface area contributed by atoms with Gasteiger partial charge in [-0.05, 0) is 30.7 Å². The van der Waals surface area contributed by atoms with Crippen LogP contribution in [0.15, 0.2) is 41.3 Å². The number of nitro groups is 1. The molecular weight excluding hydrogens is 353 g/mol. The predicted molar refractivity (Wildman–Crippen MR) is 82.1 cm³/mol. The van der Waals surface area contributed by atoms with Crippen molar-refractivity contribution in [2.45, 2.75) is 11.8 Å². The maximum Gasteiger partial charge on any atom is 0.346 e. The van der Waals surface area contributed by atoms with E-state index < -0.39 is 25.6 Å². The number of hydrogen-bond donors (Lipinski definition) is 0. The van der Waals surface area contributed by atoms with Gasteiger partial charge in [-0.1, -0.05) is 29.3 Å². The van der Waals surface area contributed by atoms with Crippen molar-refractivity contribution >= 4 is 39.0 Å².